The van der Waals surface area contributed by atoms with Crippen molar-refractivity contribution in [2.75, 3.05) is 5.32 Å². The highest BCUT2D eigenvalue weighted by Gasteiger charge is 2.11. The van der Waals surface area contributed by atoms with Gasteiger partial charge in [-0.1, -0.05) is 41.0 Å². The van der Waals surface area contributed by atoms with E-state index in [1.54, 1.807) is 42.5 Å². The number of amides is 1. The number of Topliss-reactive ketones (excluding diaryl/α,β-unsaturated/α-hetero) is 1. The number of nitrogens with zero attached hydrogens (tertiary/aromatic N) is 2. The molecule has 0 atom stereocenters. The van der Waals surface area contributed by atoms with Crippen LogP contribution in [0.15, 0.2) is 53.1 Å². The van der Waals surface area contributed by atoms with E-state index in [-0.39, 0.29) is 18.1 Å². The summed E-state index contributed by atoms with van der Waals surface area (Å²) in [7, 11) is 0. The molecular weight excluding hydrogens is 354 g/mol. The molecule has 0 saturated carbocycles. The third-order valence-electron chi connectivity index (χ3n) is 3.67. The molecule has 0 spiro atoms. The van der Waals surface area contributed by atoms with Gasteiger partial charge in [0, 0.05) is 34.7 Å². The number of benzene rings is 2. The Morgan fingerprint density at radius 2 is 1.96 bits per heavy atom. The van der Waals surface area contributed by atoms with E-state index in [1.807, 2.05) is 6.07 Å². The maximum absolute atomic E-state index is 12.1. The molecule has 1 heterocycles. The van der Waals surface area contributed by atoms with Crippen LogP contribution >= 0.6 is 11.6 Å². The van der Waals surface area contributed by atoms with E-state index < -0.39 is 0 Å². The number of ketones is 1. The predicted octanol–water partition coefficient (Wildman–Crippen LogP) is 4.16. The zero-order valence-corrected chi connectivity index (χ0v) is 14.8. The normalized spacial score (nSPS) is 10.5. The van der Waals surface area contributed by atoms with Crippen molar-refractivity contribution < 1.29 is 14.1 Å². The van der Waals surface area contributed by atoms with Gasteiger partial charge in [-0.05, 0) is 31.2 Å². The van der Waals surface area contributed by atoms with Crippen LogP contribution in [0, 0.1) is 0 Å². The summed E-state index contributed by atoms with van der Waals surface area (Å²) < 4.78 is 5.18. The van der Waals surface area contributed by atoms with E-state index >= 15 is 0 Å². The third kappa shape index (κ3) is 4.55. The van der Waals surface area contributed by atoms with Crippen molar-refractivity contribution >= 4 is 29.0 Å². The van der Waals surface area contributed by atoms with Gasteiger partial charge < -0.3 is 9.84 Å². The molecule has 1 aromatic heterocycles. The highest BCUT2D eigenvalue weighted by molar-refractivity contribution is 6.30. The molecule has 0 fully saturated rings. The number of hydrogen-bond donors (Lipinski definition) is 1. The Hall–Kier alpha value is -2.99. The van der Waals surface area contributed by atoms with Gasteiger partial charge in [0.15, 0.2) is 5.78 Å². The molecule has 3 rings (SSSR count). The van der Waals surface area contributed by atoms with Gasteiger partial charge in [-0.15, -0.1) is 0 Å². The number of anilines is 1. The van der Waals surface area contributed by atoms with E-state index in [1.165, 1.54) is 6.92 Å². The number of halogens is 1. The number of nitrogens with one attached hydrogen (secondary N) is 1. The molecule has 0 aliphatic heterocycles. The molecule has 0 radical (unpaired) electrons. The Labute approximate surface area is 155 Å². The van der Waals surface area contributed by atoms with Crippen LogP contribution in [0.25, 0.3) is 11.4 Å². The average molecular weight is 370 g/mol. The number of carbonyl (C=O) groups excluding carboxylic acids is 2. The standard InChI is InChI=1S/C19H16ClN3O3/c1-12(24)13-4-3-7-16(11-13)21-17(25)8-9-18-22-19(23-26-18)14-5-2-6-15(20)10-14/h2-7,10-11H,8-9H2,1H3,(H,21,25). The predicted molar refractivity (Wildman–Crippen MR) is 98.1 cm³/mol. The van der Waals surface area contributed by atoms with Crippen molar-refractivity contribution in [3.05, 3.63) is 65.0 Å². The highest BCUT2D eigenvalue weighted by Crippen LogP contribution is 2.20. The Morgan fingerprint density at radius 3 is 2.73 bits per heavy atom. The van der Waals surface area contributed by atoms with Crippen LogP contribution in [0.2, 0.25) is 5.02 Å². The van der Waals surface area contributed by atoms with Crippen LogP contribution in [-0.2, 0) is 11.2 Å². The number of hydrogen-bond acceptors (Lipinski definition) is 5. The minimum atomic E-state index is -0.201. The van der Waals surface area contributed by atoms with Gasteiger partial charge in [0.25, 0.3) is 0 Å². The lowest BCUT2D eigenvalue weighted by molar-refractivity contribution is -0.116. The van der Waals surface area contributed by atoms with Crippen molar-refractivity contribution in [3.8, 4) is 11.4 Å². The van der Waals surface area contributed by atoms with Crippen molar-refractivity contribution in [2.45, 2.75) is 19.8 Å². The van der Waals surface area contributed by atoms with Crippen LogP contribution in [0.1, 0.15) is 29.6 Å². The van der Waals surface area contributed by atoms with Gasteiger partial charge in [-0.25, -0.2) is 0 Å². The van der Waals surface area contributed by atoms with E-state index in [9.17, 15) is 9.59 Å². The van der Waals surface area contributed by atoms with Gasteiger partial charge in [-0.3, -0.25) is 9.59 Å². The molecule has 2 aromatic carbocycles. The molecule has 6 nitrogen and oxygen atoms in total. The first-order valence-corrected chi connectivity index (χ1v) is 8.38. The molecule has 0 aliphatic rings. The fourth-order valence-corrected chi connectivity index (χ4v) is 2.55. The maximum atomic E-state index is 12.1. The molecule has 1 amide bonds. The van der Waals surface area contributed by atoms with E-state index in [0.29, 0.717) is 34.4 Å². The van der Waals surface area contributed by atoms with Gasteiger partial charge in [0.05, 0.1) is 0 Å². The number of aromatic nitrogens is 2. The molecule has 7 heteroatoms. The molecular formula is C19H16ClN3O3. The van der Waals surface area contributed by atoms with E-state index in [2.05, 4.69) is 15.5 Å². The largest absolute Gasteiger partial charge is 0.339 e. The molecule has 132 valence electrons. The SMILES string of the molecule is CC(=O)c1cccc(NC(=O)CCc2nc(-c3cccc(Cl)c3)no2)c1. The Bertz CT molecular complexity index is 952. The molecule has 0 saturated heterocycles. The average Bonchev–Trinajstić information content (AvgIpc) is 3.09. The van der Waals surface area contributed by atoms with E-state index in [4.69, 9.17) is 16.1 Å². The lowest BCUT2D eigenvalue weighted by atomic mass is 10.1. The van der Waals surface area contributed by atoms with Gasteiger partial charge in [-0.2, -0.15) is 4.98 Å². The third-order valence-corrected chi connectivity index (χ3v) is 3.90. The second-order valence-electron chi connectivity index (χ2n) is 5.71. The molecule has 0 aliphatic carbocycles. The summed E-state index contributed by atoms with van der Waals surface area (Å²) in [5, 5.41) is 7.25. The summed E-state index contributed by atoms with van der Waals surface area (Å²) in [6, 6.07) is 13.9. The van der Waals surface area contributed by atoms with Crippen LogP contribution in [0.4, 0.5) is 5.69 Å². The number of rotatable bonds is 6. The minimum Gasteiger partial charge on any atom is -0.339 e. The number of carbonyl (C=O) groups is 2. The van der Waals surface area contributed by atoms with Crippen LogP contribution in [-0.4, -0.2) is 21.8 Å². The van der Waals surface area contributed by atoms with Crippen molar-refractivity contribution in [3.63, 3.8) is 0 Å². The van der Waals surface area contributed by atoms with E-state index in [0.717, 1.165) is 5.56 Å². The quantitative estimate of drug-likeness (QED) is 0.659. The fraction of sp³-hybridized carbons (Fsp3) is 0.158. The van der Waals surface area contributed by atoms with Crippen molar-refractivity contribution in [1.29, 1.82) is 0 Å². The van der Waals surface area contributed by atoms with Crippen molar-refractivity contribution in [2.24, 2.45) is 0 Å². The molecule has 0 unspecified atom stereocenters. The summed E-state index contributed by atoms with van der Waals surface area (Å²) in [6.45, 7) is 1.48. The maximum Gasteiger partial charge on any atom is 0.227 e. The van der Waals surface area contributed by atoms with Crippen LogP contribution in [0.3, 0.4) is 0 Å². The second kappa shape index (κ2) is 7.93. The van der Waals surface area contributed by atoms with Gasteiger partial charge in [0.2, 0.25) is 17.6 Å². The summed E-state index contributed by atoms with van der Waals surface area (Å²) in [4.78, 5) is 27.7. The monoisotopic (exact) mass is 369 g/mol. The Kier molecular flexibility index (Phi) is 5.43. The first kappa shape index (κ1) is 17.8. The summed E-state index contributed by atoms with van der Waals surface area (Å²) in [5.74, 6) is 0.540. The first-order chi connectivity index (χ1) is 12.5. The minimum absolute atomic E-state index is 0.0551. The molecule has 1 N–H and O–H groups in total. The first-order valence-electron chi connectivity index (χ1n) is 8.00. The molecule has 0 bridgehead atoms. The smallest absolute Gasteiger partial charge is 0.227 e. The lowest BCUT2D eigenvalue weighted by Crippen LogP contribution is -2.12. The summed E-state index contributed by atoms with van der Waals surface area (Å²) >= 11 is 5.95. The van der Waals surface area contributed by atoms with Crippen LogP contribution < -0.4 is 5.32 Å². The Morgan fingerprint density at radius 1 is 1.15 bits per heavy atom. The van der Waals surface area contributed by atoms with Crippen LogP contribution in [0.5, 0.6) is 0 Å². The summed E-state index contributed by atoms with van der Waals surface area (Å²) in [6.07, 6.45) is 0.493. The highest BCUT2D eigenvalue weighted by atomic mass is 35.5. The Balaban J connectivity index is 1.58. The zero-order chi connectivity index (χ0) is 18.5. The van der Waals surface area contributed by atoms with Gasteiger partial charge in [0.1, 0.15) is 0 Å². The zero-order valence-electron chi connectivity index (χ0n) is 14.0. The number of aryl methyl sites for hydroxylation is 1. The van der Waals surface area contributed by atoms with Gasteiger partial charge >= 0.3 is 0 Å². The lowest BCUT2D eigenvalue weighted by Gasteiger charge is -2.05. The second-order valence-corrected chi connectivity index (χ2v) is 6.14. The molecule has 3 aromatic rings. The summed E-state index contributed by atoms with van der Waals surface area (Å²) in [5.41, 5.74) is 1.87. The van der Waals surface area contributed by atoms with Crippen molar-refractivity contribution in [1.82, 2.24) is 10.1 Å². The topological polar surface area (TPSA) is 85.1 Å². The fourth-order valence-electron chi connectivity index (χ4n) is 2.36. The molecule has 26 heavy (non-hydrogen) atoms.